The van der Waals surface area contributed by atoms with Crippen LogP contribution in [0.4, 0.5) is 0 Å². The van der Waals surface area contributed by atoms with Gasteiger partial charge in [-0.05, 0) is 81.0 Å². The maximum absolute atomic E-state index is 12.3. The van der Waals surface area contributed by atoms with Gasteiger partial charge >= 0.3 is 5.97 Å². The summed E-state index contributed by atoms with van der Waals surface area (Å²) in [6, 6.07) is 0. The SMILES string of the molecule is CCCCCCCCC(=O)OC1CCC2C(CCC3CC(CCCCCC)CCC32)C1. The molecule has 3 rings (SSSR count). The molecule has 2 heteroatoms. The number of carbonyl (C=O) groups excluding carboxylic acids is 1. The third kappa shape index (κ3) is 8.08. The number of hydrogen-bond donors (Lipinski definition) is 0. The molecule has 0 aromatic heterocycles. The molecule has 3 fully saturated rings. The summed E-state index contributed by atoms with van der Waals surface area (Å²) in [5.41, 5.74) is 0. The zero-order valence-electron chi connectivity index (χ0n) is 20.9. The molecule has 0 aliphatic heterocycles. The number of carbonyl (C=O) groups is 1. The average Bonchev–Trinajstić information content (AvgIpc) is 2.78. The second kappa shape index (κ2) is 13.9. The molecule has 3 aliphatic carbocycles. The van der Waals surface area contributed by atoms with Gasteiger partial charge in [0.1, 0.15) is 6.10 Å². The molecule has 0 aromatic carbocycles. The summed E-state index contributed by atoms with van der Waals surface area (Å²) in [5.74, 6) is 4.88. The second-order valence-corrected chi connectivity index (χ2v) is 11.4. The molecule has 0 bridgehead atoms. The maximum Gasteiger partial charge on any atom is 0.306 e. The van der Waals surface area contributed by atoms with Crippen molar-refractivity contribution in [2.24, 2.45) is 29.6 Å². The van der Waals surface area contributed by atoms with Crippen LogP contribution in [0.3, 0.4) is 0 Å². The first-order valence-corrected chi connectivity index (χ1v) is 14.4. The van der Waals surface area contributed by atoms with E-state index in [0.29, 0.717) is 6.42 Å². The Kier molecular flexibility index (Phi) is 11.2. The van der Waals surface area contributed by atoms with Crippen LogP contribution in [0.1, 0.15) is 142 Å². The van der Waals surface area contributed by atoms with Gasteiger partial charge in [0.25, 0.3) is 0 Å². The summed E-state index contributed by atoms with van der Waals surface area (Å²) < 4.78 is 5.95. The predicted octanol–water partition coefficient (Wildman–Crippen LogP) is 8.86. The minimum atomic E-state index is 0.0798. The van der Waals surface area contributed by atoms with Gasteiger partial charge in [0.2, 0.25) is 0 Å². The Balaban J connectivity index is 1.33. The Bertz CT molecular complexity index is 501. The molecule has 31 heavy (non-hydrogen) atoms. The summed E-state index contributed by atoms with van der Waals surface area (Å²) in [6.07, 6.45) is 26.4. The molecule has 0 N–H and O–H groups in total. The van der Waals surface area contributed by atoms with Crippen LogP contribution >= 0.6 is 0 Å². The number of rotatable bonds is 13. The van der Waals surface area contributed by atoms with E-state index in [9.17, 15) is 4.79 Å². The Morgan fingerprint density at radius 2 is 1.29 bits per heavy atom. The fourth-order valence-electron chi connectivity index (χ4n) is 7.37. The van der Waals surface area contributed by atoms with E-state index < -0.39 is 0 Å². The highest BCUT2D eigenvalue weighted by atomic mass is 16.5. The topological polar surface area (TPSA) is 26.3 Å². The molecule has 0 heterocycles. The quantitative estimate of drug-likeness (QED) is 0.214. The van der Waals surface area contributed by atoms with E-state index in [2.05, 4.69) is 13.8 Å². The molecule has 0 amide bonds. The van der Waals surface area contributed by atoms with Gasteiger partial charge in [0.05, 0.1) is 0 Å². The highest BCUT2D eigenvalue weighted by molar-refractivity contribution is 5.69. The van der Waals surface area contributed by atoms with Gasteiger partial charge in [-0.1, -0.05) is 84.5 Å². The number of esters is 1. The molecule has 2 nitrogen and oxygen atoms in total. The van der Waals surface area contributed by atoms with Crippen molar-refractivity contribution < 1.29 is 9.53 Å². The monoisotopic (exact) mass is 432 g/mol. The van der Waals surface area contributed by atoms with Gasteiger partial charge in [-0.25, -0.2) is 0 Å². The van der Waals surface area contributed by atoms with E-state index in [4.69, 9.17) is 4.74 Å². The standard InChI is InChI=1S/C29H52O2/c1-3-5-7-9-10-12-14-29(30)31-26-18-20-28-25(22-26)17-16-24-21-23(15-19-27(24)28)13-11-8-6-4-2/h23-28H,3-22H2,1-2H3. The maximum atomic E-state index is 12.3. The predicted molar refractivity (Wildman–Crippen MR) is 131 cm³/mol. The van der Waals surface area contributed by atoms with Crippen LogP contribution in [0.2, 0.25) is 0 Å². The van der Waals surface area contributed by atoms with Crippen LogP contribution < -0.4 is 0 Å². The zero-order valence-corrected chi connectivity index (χ0v) is 20.9. The molecule has 3 saturated carbocycles. The van der Waals surface area contributed by atoms with E-state index in [1.54, 1.807) is 0 Å². The minimum Gasteiger partial charge on any atom is -0.462 e. The molecule has 0 saturated heterocycles. The lowest BCUT2D eigenvalue weighted by Gasteiger charge is -2.50. The molecular weight excluding hydrogens is 380 g/mol. The molecular formula is C29H52O2. The Morgan fingerprint density at radius 1 is 0.677 bits per heavy atom. The first kappa shape index (κ1) is 25.1. The van der Waals surface area contributed by atoms with Crippen LogP contribution in [-0.2, 0) is 9.53 Å². The van der Waals surface area contributed by atoms with Crippen molar-refractivity contribution in [3.63, 3.8) is 0 Å². The van der Waals surface area contributed by atoms with Crippen molar-refractivity contribution in [2.75, 3.05) is 0 Å². The Morgan fingerprint density at radius 3 is 2.03 bits per heavy atom. The third-order valence-corrected chi connectivity index (χ3v) is 9.10. The molecule has 6 unspecified atom stereocenters. The van der Waals surface area contributed by atoms with E-state index in [0.717, 1.165) is 48.9 Å². The number of ether oxygens (including phenoxy) is 1. The van der Waals surface area contributed by atoms with Crippen molar-refractivity contribution in [3.05, 3.63) is 0 Å². The smallest absolute Gasteiger partial charge is 0.306 e. The molecule has 6 atom stereocenters. The van der Waals surface area contributed by atoms with Crippen LogP contribution in [0.5, 0.6) is 0 Å². The molecule has 0 radical (unpaired) electrons. The lowest BCUT2D eigenvalue weighted by molar-refractivity contribution is -0.153. The fraction of sp³-hybridized carbons (Fsp3) is 0.966. The van der Waals surface area contributed by atoms with Crippen molar-refractivity contribution in [2.45, 2.75) is 148 Å². The first-order chi connectivity index (χ1) is 15.2. The second-order valence-electron chi connectivity index (χ2n) is 11.4. The van der Waals surface area contributed by atoms with Gasteiger partial charge in [0.15, 0.2) is 0 Å². The number of hydrogen-bond acceptors (Lipinski definition) is 2. The first-order valence-electron chi connectivity index (χ1n) is 14.4. The van der Waals surface area contributed by atoms with Crippen molar-refractivity contribution in [1.82, 2.24) is 0 Å². The highest BCUT2D eigenvalue weighted by Crippen LogP contribution is 2.53. The van der Waals surface area contributed by atoms with E-state index in [1.807, 2.05) is 0 Å². The zero-order chi connectivity index (χ0) is 21.9. The van der Waals surface area contributed by atoms with E-state index in [-0.39, 0.29) is 12.1 Å². The Hall–Kier alpha value is -0.530. The molecule has 3 aliphatic rings. The van der Waals surface area contributed by atoms with Gasteiger partial charge < -0.3 is 4.74 Å². The summed E-state index contributed by atoms with van der Waals surface area (Å²) in [4.78, 5) is 12.3. The largest absolute Gasteiger partial charge is 0.462 e. The summed E-state index contributed by atoms with van der Waals surface area (Å²) in [7, 11) is 0. The van der Waals surface area contributed by atoms with Crippen molar-refractivity contribution in [3.8, 4) is 0 Å². The van der Waals surface area contributed by atoms with Crippen LogP contribution in [0.25, 0.3) is 0 Å². The third-order valence-electron chi connectivity index (χ3n) is 9.10. The number of unbranched alkanes of at least 4 members (excludes halogenated alkanes) is 8. The van der Waals surface area contributed by atoms with Crippen LogP contribution in [-0.4, -0.2) is 12.1 Å². The fourth-order valence-corrected chi connectivity index (χ4v) is 7.37. The highest BCUT2D eigenvalue weighted by Gasteiger charge is 2.44. The van der Waals surface area contributed by atoms with Gasteiger partial charge in [-0.15, -0.1) is 0 Å². The lowest BCUT2D eigenvalue weighted by Crippen LogP contribution is -2.43. The Labute approximate surface area is 193 Å². The molecule has 0 aromatic rings. The minimum absolute atomic E-state index is 0.0798. The van der Waals surface area contributed by atoms with E-state index >= 15 is 0 Å². The number of fused-ring (bicyclic) bond motifs is 3. The normalized spacial score (nSPS) is 32.8. The van der Waals surface area contributed by atoms with Crippen molar-refractivity contribution in [1.29, 1.82) is 0 Å². The molecule has 180 valence electrons. The summed E-state index contributed by atoms with van der Waals surface area (Å²) in [5, 5.41) is 0. The van der Waals surface area contributed by atoms with E-state index in [1.165, 1.54) is 103 Å². The average molecular weight is 433 g/mol. The van der Waals surface area contributed by atoms with Gasteiger partial charge in [-0.3, -0.25) is 4.79 Å². The van der Waals surface area contributed by atoms with Crippen LogP contribution in [0.15, 0.2) is 0 Å². The lowest BCUT2D eigenvalue weighted by atomic mass is 9.56. The summed E-state index contributed by atoms with van der Waals surface area (Å²) in [6.45, 7) is 4.56. The van der Waals surface area contributed by atoms with Crippen LogP contribution in [0, 0.1) is 29.6 Å². The molecule has 0 spiro atoms. The summed E-state index contributed by atoms with van der Waals surface area (Å²) >= 11 is 0. The van der Waals surface area contributed by atoms with Gasteiger partial charge in [0, 0.05) is 6.42 Å². The van der Waals surface area contributed by atoms with Crippen molar-refractivity contribution >= 4 is 5.97 Å². The van der Waals surface area contributed by atoms with Gasteiger partial charge in [-0.2, -0.15) is 0 Å².